The Labute approximate surface area is 174 Å². The van der Waals surface area contributed by atoms with Gasteiger partial charge in [-0.3, -0.25) is 4.90 Å². The minimum Gasteiger partial charge on any atom is -0.379 e. The number of nitrogens with zero attached hydrogens (tertiary/aromatic N) is 3. The first-order valence-corrected chi connectivity index (χ1v) is 12.3. The van der Waals surface area contributed by atoms with Gasteiger partial charge in [0.2, 0.25) is 0 Å². The molecule has 3 aliphatic heterocycles. The maximum atomic E-state index is 5.53. The average molecular weight is 392 g/mol. The molecular weight excluding hydrogens is 346 g/mol. The van der Waals surface area contributed by atoms with Crippen LogP contribution >= 0.6 is 0 Å². The highest BCUT2D eigenvalue weighted by molar-refractivity contribution is 4.96. The molecule has 0 N–H and O–H groups in total. The van der Waals surface area contributed by atoms with Gasteiger partial charge in [0, 0.05) is 45.8 Å². The molecule has 0 bridgehead atoms. The Bertz CT molecular complexity index is 484. The van der Waals surface area contributed by atoms with Gasteiger partial charge in [-0.2, -0.15) is 0 Å². The first kappa shape index (κ1) is 21.1. The highest BCUT2D eigenvalue weighted by Gasteiger charge is 2.42. The van der Waals surface area contributed by atoms with E-state index in [0.29, 0.717) is 10.8 Å². The van der Waals surface area contributed by atoms with Crippen molar-refractivity contribution in [3.8, 4) is 0 Å². The molecule has 1 aliphatic carbocycles. The molecule has 1 saturated carbocycles. The van der Waals surface area contributed by atoms with Crippen molar-refractivity contribution in [3.63, 3.8) is 0 Å². The first-order chi connectivity index (χ1) is 13.5. The fraction of sp³-hybridized carbons (Fsp3) is 1.00. The summed E-state index contributed by atoms with van der Waals surface area (Å²) in [6.07, 6.45) is 11.8. The number of rotatable bonds is 6. The zero-order valence-corrected chi connectivity index (χ0v) is 18.8. The van der Waals surface area contributed by atoms with Crippen LogP contribution in [0.5, 0.6) is 0 Å². The Morgan fingerprint density at radius 1 is 0.786 bits per heavy atom. The van der Waals surface area contributed by atoms with Gasteiger partial charge in [0.1, 0.15) is 0 Å². The van der Waals surface area contributed by atoms with E-state index in [1.165, 1.54) is 97.2 Å². The van der Waals surface area contributed by atoms with Crippen molar-refractivity contribution in [1.29, 1.82) is 0 Å². The van der Waals surface area contributed by atoms with Crippen LogP contribution in [0.3, 0.4) is 0 Å². The van der Waals surface area contributed by atoms with Crippen molar-refractivity contribution in [1.82, 2.24) is 14.7 Å². The number of likely N-dealkylation sites (tertiary alicyclic amines) is 2. The number of hydrogen-bond acceptors (Lipinski definition) is 4. The number of hydrogen-bond donors (Lipinski definition) is 0. The molecule has 0 amide bonds. The maximum Gasteiger partial charge on any atom is 0.0594 e. The molecule has 1 unspecified atom stereocenters. The Morgan fingerprint density at radius 2 is 1.50 bits per heavy atom. The predicted molar refractivity (Wildman–Crippen MR) is 117 cm³/mol. The van der Waals surface area contributed by atoms with Crippen molar-refractivity contribution in [2.75, 3.05) is 72.1 Å². The number of piperidine rings is 1. The molecule has 3 heterocycles. The minimum atomic E-state index is 0.374. The molecule has 4 rings (SSSR count). The van der Waals surface area contributed by atoms with Gasteiger partial charge in [-0.15, -0.1) is 0 Å². The van der Waals surface area contributed by atoms with Crippen LogP contribution in [0.15, 0.2) is 0 Å². The molecule has 0 aromatic heterocycles. The lowest BCUT2D eigenvalue weighted by Crippen LogP contribution is -2.48. The van der Waals surface area contributed by atoms with Gasteiger partial charge in [0.15, 0.2) is 0 Å². The van der Waals surface area contributed by atoms with Crippen molar-refractivity contribution < 1.29 is 4.74 Å². The van der Waals surface area contributed by atoms with E-state index in [1.807, 2.05) is 0 Å². The molecule has 4 aliphatic rings. The lowest BCUT2D eigenvalue weighted by atomic mass is 9.78. The molecule has 1 atom stereocenters. The number of morpholine rings is 1. The Balaban J connectivity index is 1.26. The standard InChI is InChI=1S/C24H45N3O/c1-23(2,18-25-13-15-28-16-14-25)19-27-12-10-24(21-27)9-6-11-26(20-24)17-22-7-4-3-5-8-22/h22H,3-21H2,1-2H3. The second-order valence-corrected chi connectivity index (χ2v) is 11.4. The van der Waals surface area contributed by atoms with Gasteiger partial charge in [-0.1, -0.05) is 33.1 Å². The fourth-order valence-corrected chi connectivity index (χ4v) is 6.72. The van der Waals surface area contributed by atoms with Crippen LogP contribution in [0.2, 0.25) is 0 Å². The molecule has 4 fully saturated rings. The first-order valence-electron chi connectivity index (χ1n) is 12.3. The van der Waals surface area contributed by atoms with E-state index in [1.54, 1.807) is 0 Å². The lowest BCUT2D eigenvalue weighted by molar-refractivity contribution is 0.0146. The van der Waals surface area contributed by atoms with Crippen LogP contribution in [0, 0.1) is 16.7 Å². The Morgan fingerprint density at radius 3 is 2.29 bits per heavy atom. The van der Waals surface area contributed by atoms with Gasteiger partial charge < -0.3 is 14.5 Å². The highest BCUT2D eigenvalue weighted by atomic mass is 16.5. The van der Waals surface area contributed by atoms with Gasteiger partial charge >= 0.3 is 0 Å². The molecule has 3 saturated heterocycles. The predicted octanol–water partition coefficient (Wildman–Crippen LogP) is 3.71. The molecule has 162 valence electrons. The molecule has 4 heteroatoms. The third-order valence-electron chi connectivity index (χ3n) is 7.91. The van der Waals surface area contributed by atoms with E-state index in [9.17, 15) is 0 Å². The van der Waals surface area contributed by atoms with Crippen LogP contribution in [-0.2, 0) is 4.74 Å². The van der Waals surface area contributed by atoms with E-state index < -0.39 is 0 Å². The quantitative estimate of drug-likeness (QED) is 0.687. The Hall–Kier alpha value is -0.160. The SMILES string of the molecule is CC(C)(CN1CCOCC1)CN1CCC2(CCCN(CC3CCCCC3)C2)C1. The lowest BCUT2D eigenvalue weighted by Gasteiger charge is -2.43. The topological polar surface area (TPSA) is 19.0 Å². The molecule has 0 aromatic rings. The molecular formula is C24H45N3O. The second-order valence-electron chi connectivity index (χ2n) is 11.4. The molecule has 1 spiro atoms. The summed E-state index contributed by atoms with van der Waals surface area (Å²) in [6.45, 7) is 18.3. The monoisotopic (exact) mass is 391 g/mol. The zero-order chi connectivity index (χ0) is 19.5. The van der Waals surface area contributed by atoms with Crippen LogP contribution in [0.25, 0.3) is 0 Å². The molecule has 4 nitrogen and oxygen atoms in total. The van der Waals surface area contributed by atoms with E-state index in [2.05, 4.69) is 28.5 Å². The summed E-state index contributed by atoms with van der Waals surface area (Å²) >= 11 is 0. The smallest absolute Gasteiger partial charge is 0.0594 e. The summed E-state index contributed by atoms with van der Waals surface area (Å²) in [5, 5.41) is 0. The van der Waals surface area contributed by atoms with Gasteiger partial charge in [-0.25, -0.2) is 0 Å². The van der Waals surface area contributed by atoms with Crippen LogP contribution in [-0.4, -0.2) is 86.8 Å². The Kier molecular flexibility index (Phi) is 7.02. The zero-order valence-electron chi connectivity index (χ0n) is 18.8. The third kappa shape index (κ3) is 5.71. The average Bonchev–Trinajstić information content (AvgIpc) is 3.03. The number of ether oxygens (including phenoxy) is 1. The van der Waals surface area contributed by atoms with E-state index >= 15 is 0 Å². The summed E-state index contributed by atoms with van der Waals surface area (Å²) in [7, 11) is 0. The summed E-state index contributed by atoms with van der Waals surface area (Å²) < 4.78 is 5.53. The largest absolute Gasteiger partial charge is 0.379 e. The van der Waals surface area contributed by atoms with Gasteiger partial charge in [-0.05, 0) is 61.9 Å². The summed E-state index contributed by atoms with van der Waals surface area (Å²) in [4.78, 5) is 8.29. The van der Waals surface area contributed by atoms with Crippen LogP contribution < -0.4 is 0 Å². The van der Waals surface area contributed by atoms with E-state index in [0.717, 1.165) is 32.2 Å². The van der Waals surface area contributed by atoms with Gasteiger partial charge in [0.05, 0.1) is 13.2 Å². The second kappa shape index (κ2) is 9.32. The van der Waals surface area contributed by atoms with Crippen molar-refractivity contribution in [3.05, 3.63) is 0 Å². The minimum absolute atomic E-state index is 0.374. The van der Waals surface area contributed by atoms with Gasteiger partial charge in [0.25, 0.3) is 0 Å². The molecule has 0 radical (unpaired) electrons. The normalized spacial score (nSPS) is 32.4. The summed E-state index contributed by atoms with van der Waals surface area (Å²) in [6, 6.07) is 0. The third-order valence-corrected chi connectivity index (χ3v) is 7.91. The highest BCUT2D eigenvalue weighted by Crippen LogP contribution is 2.40. The van der Waals surface area contributed by atoms with E-state index in [-0.39, 0.29) is 0 Å². The maximum absolute atomic E-state index is 5.53. The van der Waals surface area contributed by atoms with Crippen molar-refractivity contribution >= 4 is 0 Å². The fourth-order valence-electron chi connectivity index (χ4n) is 6.72. The molecule has 28 heavy (non-hydrogen) atoms. The van der Waals surface area contributed by atoms with Crippen LogP contribution in [0.1, 0.15) is 65.2 Å². The van der Waals surface area contributed by atoms with Crippen LogP contribution in [0.4, 0.5) is 0 Å². The summed E-state index contributed by atoms with van der Waals surface area (Å²) in [5.41, 5.74) is 0.973. The summed E-state index contributed by atoms with van der Waals surface area (Å²) in [5.74, 6) is 0.994. The van der Waals surface area contributed by atoms with E-state index in [4.69, 9.17) is 4.74 Å². The molecule has 0 aromatic carbocycles. The van der Waals surface area contributed by atoms with Crippen molar-refractivity contribution in [2.24, 2.45) is 16.7 Å². The van der Waals surface area contributed by atoms with Crippen molar-refractivity contribution in [2.45, 2.75) is 65.2 Å².